The molecule has 3 aliphatic heterocycles. The number of rotatable bonds is 10. The normalized spacial score (nSPS) is 23.6. The summed E-state index contributed by atoms with van der Waals surface area (Å²) < 4.78 is 137. The molecule has 3 fully saturated rings. The van der Waals surface area contributed by atoms with Crippen LogP contribution in [0.2, 0.25) is 0 Å². The summed E-state index contributed by atoms with van der Waals surface area (Å²) >= 11 is 0. The highest BCUT2D eigenvalue weighted by atomic mass is 19.4. The predicted octanol–water partition coefficient (Wildman–Crippen LogP) is 6.55. The molecular formula is C34H40F9N5O7. The fraction of sp³-hybridized carbons (Fsp3) is 0.676. The Labute approximate surface area is 308 Å². The summed E-state index contributed by atoms with van der Waals surface area (Å²) in [6, 6.07) is 0.856. The predicted molar refractivity (Wildman–Crippen MR) is 171 cm³/mol. The van der Waals surface area contributed by atoms with Crippen LogP contribution in [-0.2, 0) is 27.0 Å². The first-order valence-corrected chi connectivity index (χ1v) is 17.3. The maximum atomic E-state index is 14.6. The lowest BCUT2D eigenvalue weighted by atomic mass is 9.60. The number of aliphatic carboxylic acids is 1. The summed E-state index contributed by atoms with van der Waals surface area (Å²) in [4.78, 5) is 47.8. The highest BCUT2D eigenvalue weighted by Crippen LogP contribution is 2.52. The van der Waals surface area contributed by atoms with Gasteiger partial charge in [-0.3, -0.25) is 14.5 Å². The Bertz CT molecular complexity index is 1740. The minimum Gasteiger partial charge on any atom is -0.492 e. The molecule has 3 aliphatic rings. The van der Waals surface area contributed by atoms with Gasteiger partial charge in [0.15, 0.2) is 5.41 Å². The maximum absolute atomic E-state index is 14.6. The molecule has 5 rings (SSSR count). The second-order valence-electron chi connectivity index (χ2n) is 15.3. The van der Waals surface area contributed by atoms with Crippen molar-refractivity contribution in [2.45, 2.75) is 77.6 Å². The minimum absolute atomic E-state index is 0.0386. The van der Waals surface area contributed by atoms with E-state index in [1.807, 2.05) is 20.8 Å². The Hall–Kier alpha value is -4.14. The van der Waals surface area contributed by atoms with E-state index in [0.29, 0.717) is 44.6 Å². The number of hydrogen-bond donors (Lipinski definition) is 2. The van der Waals surface area contributed by atoms with E-state index in [1.54, 1.807) is 0 Å². The van der Waals surface area contributed by atoms with Crippen molar-refractivity contribution in [1.29, 1.82) is 0 Å². The van der Waals surface area contributed by atoms with Gasteiger partial charge >= 0.3 is 30.5 Å². The SMILES string of the molecule is CC(C)(C)C1CNCC(C(=O)O)C12C(=O)N(Cc1nc(-c3ccc(OCC(C)(C(F)(F)F)C(F)(F)F)c(C(F)(F)F)c3)no1)C(=O)N2CCC1CCOCC1. The van der Waals surface area contributed by atoms with Crippen LogP contribution in [0.5, 0.6) is 5.75 Å². The van der Waals surface area contributed by atoms with E-state index < -0.39 is 106 Å². The minimum atomic E-state index is -5.92. The van der Waals surface area contributed by atoms with E-state index in [9.17, 15) is 59.0 Å². The molecule has 0 aliphatic carbocycles. The zero-order valence-corrected chi connectivity index (χ0v) is 30.1. The second-order valence-corrected chi connectivity index (χ2v) is 15.3. The molecule has 1 aromatic heterocycles. The van der Waals surface area contributed by atoms with Crippen LogP contribution in [0.25, 0.3) is 11.4 Å². The topological polar surface area (TPSA) is 147 Å². The van der Waals surface area contributed by atoms with Gasteiger partial charge in [-0.1, -0.05) is 25.9 Å². The van der Waals surface area contributed by atoms with E-state index >= 15 is 0 Å². The van der Waals surface area contributed by atoms with E-state index in [1.165, 1.54) is 4.90 Å². The number of imide groups is 1. The molecule has 1 spiro atoms. The van der Waals surface area contributed by atoms with E-state index in [0.717, 1.165) is 11.0 Å². The van der Waals surface area contributed by atoms with E-state index in [2.05, 4.69) is 20.2 Å². The number of nitrogens with one attached hydrogen (secondary N) is 1. The molecule has 12 nitrogen and oxygen atoms in total. The molecule has 3 atom stereocenters. The Balaban J connectivity index is 1.46. The Kier molecular flexibility index (Phi) is 11.3. The van der Waals surface area contributed by atoms with Crippen molar-refractivity contribution in [2.24, 2.45) is 28.6 Å². The molecule has 306 valence electrons. The lowest BCUT2D eigenvalue weighted by molar-refractivity contribution is -0.340. The molecule has 2 N–H and O–H groups in total. The summed E-state index contributed by atoms with van der Waals surface area (Å²) in [6.45, 7) is 3.45. The molecule has 55 heavy (non-hydrogen) atoms. The largest absolute Gasteiger partial charge is 0.492 e. The van der Waals surface area contributed by atoms with Crippen molar-refractivity contribution in [1.82, 2.24) is 25.3 Å². The summed E-state index contributed by atoms with van der Waals surface area (Å²) in [5.41, 5.74) is -9.24. The number of alkyl halides is 9. The van der Waals surface area contributed by atoms with Crippen LogP contribution in [-0.4, -0.2) is 100 Å². The Morgan fingerprint density at radius 3 is 2.20 bits per heavy atom. The summed E-state index contributed by atoms with van der Waals surface area (Å²) in [6.07, 6.45) is -15.3. The van der Waals surface area contributed by atoms with Gasteiger partial charge in [0, 0.05) is 44.3 Å². The van der Waals surface area contributed by atoms with Crippen LogP contribution in [0.15, 0.2) is 22.7 Å². The fourth-order valence-electron chi connectivity index (χ4n) is 7.47. The van der Waals surface area contributed by atoms with Gasteiger partial charge < -0.3 is 29.3 Å². The third-order valence-corrected chi connectivity index (χ3v) is 10.8. The van der Waals surface area contributed by atoms with Gasteiger partial charge in [0.1, 0.15) is 30.4 Å². The van der Waals surface area contributed by atoms with Crippen LogP contribution in [0.3, 0.4) is 0 Å². The molecule has 3 amide bonds. The average molecular weight is 802 g/mol. The number of benzene rings is 1. The number of ether oxygens (including phenoxy) is 2. The summed E-state index contributed by atoms with van der Waals surface area (Å²) in [7, 11) is 0. The highest BCUT2D eigenvalue weighted by molar-refractivity contribution is 6.09. The molecule has 0 bridgehead atoms. The van der Waals surface area contributed by atoms with Gasteiger partial charge in [-0.2, -0.15) is 44.5 Å². The number of carboxylic acids is 1. The number of nitrogens with zero attached hydrogens (tertiary/aromatic N) is 4. The Morgan fingerprint density at radius 1 is 1.00 bits per heavy atom. The van der Waals surface area contributed by atoms with Gasteiger partial charge in [-0.05, 0) is 55.7 Å². The number of urea groups is 1. The van der Waals surface area contributed by atoms with Crippen LogP contribution >= 0.6 is 0 Å². The zero-order chi connectivity index (χ0) is 40.9. The smallest absolute Gasteiger partial charge is 0.419 e. The van der Waals surface area contributed by atoms with Crippen molar-refractivity contribution >= 4 is 17.9 Å². The van der Waals surface area contributed by atoms with Crippen molar-refractivity contribution in [3.05, 3.63) is 29.7 Å². The molecule has 0 radical (unpaired) electrons. The first kappa shape index (κ1) is 42.0. The van der Waals surface area contributed by atoms with Crippen molar-refractivity contribution in [3.8, 4) is 17.1 Å². The zero-order valence-electron chi connectivity index (χ0n) is 30.1. The van der Waals surface area contributed by atoms with Crippen molar-refractivity contribution in [3.63, 3.8) is 0 Å². The van der Waals surface area contributed by atoms with Gasteiger partial charge in [0.2, 0.25) is 11.7 Å². The number of carbonyl (C=O) groups is 3. The van der Waals surface area contributed by atoms with Crippen molar-refractivity contribution in [2.75, 3.05) is 39.5 Å². The van der Waals surface area contributed by atoms with Crippen molar-refractivity contribution < 1.29 is 73.0 Å². The standard InChI is InChI=1S/C34H40F9N5O7/c1-29(2,3)23-15-44-14-21(26(49)50)31(23)27(51)47(28(52)48(31)10-7-18-8-11-53-12-9-18)16-24-45-25(46-55-24)19-5-6-22(20(13-19)32(35,36)37)54-17-30(4,33(38,39)40)34(41,42)43/h5-6,13,18,21,23,44H,7-12,14-17H2,1-4H3,(H,49,50). The van der Waals surface area contributed by atoms with Crippen LogP contribution < -0.4 is 10.1 Å². The number of carbonyl (C=O) groups excluding carboxylic acids is 2. The first-order valence-electron chi connectivity index (χ1n) is 17.3. The maximum Gasteiger partial charge on any atom is 0.419 e. The third kappa shape index (κ3) is 7.82. The summed E-state index contributed by atoms with van der Waals surface area (Å²) in [5.74, 6) is -6.38. The molecule has 0 saturated carbocycles. The molecule has 3 saturated heterocycles. The number of amides is 3. The average Bonchev–Trinajstić information content (AvgIpc) is 3.62. The van der Waals surface area contributed by atoms with Crippen LogP contribution in [0, 0.1) is 28.6 Å². The van der Waals surface area contributed by atoms with E-state index in [-0.39, 0.29) is 32.5 Å². The number of carboxylic acid groups (broad SMARTS) is 1. The lowest BCUT2D eigenvalue weighted by Crippen LogP contribution is -2.71. The van der Waals surface area contributed by atoms with E-state index in [4.69, 9.17) is 9.26 Å². The monoisotopic (exact) mass is 801 g/mol. The fourth-order valence-corrected chi connectivity index (χ4v) is 7.47. The number of aromatic nitrogens is 2. The molecule has 1 aromatic carbocycles. The van der Waals surface area contributed by atoms with Gasteiger partial charge in [0.25, 0.3) is 5.91 Å². The third-order valence-electron chi connectivity index (χ3n) is 10.8. The highest BCUT2D eigenvalue weighted by Gasteiger charge is 2.70. The molecule has 3 unspecified atom stereocenters. The lowest BCUT2D eigenvalue weighted by Gasteiger charge is -2.53. The second kappa shape index (κ2) is 14.7. The van der Waals surface area contributed by atoms with Gasteiger partial charge in [0.05, 0.1) is 5.56 Å². The van der Waals surface area contributed by atoms with Gasteiger partial charge in [-0.15, -0.1) is 0 Å². The molecule has 4 heterocycles. The molecule has 2 aromatic rings. The Morgan fingerprint density at radius 2 is 1.64 bits per heavy atom. The van der Waals surface area contributed by atoms with Crippen LogP contribution in [0.4, 0.5) is 44.3 Å². The first-order chi connectivity index (χ1) is 25.3. The quantitative estimate of drug-likeness (QED) is 0.200. The number of halogens is 9. The molecule has 21 heteroatoms. The van der Waals surface area contributed by atoms with Gasteiger partial charge in [-0.25, -0.2) is 4.79 Å². The molecular weight excluding hydrogens is 761 g/mol. The van der Waals surface area contributed by atoms with Crippen LogP contribution in [0.1, 0.15) is 58.4 Å². The number of piperidine rings is 1. The summed E-state index contributed by atoms with van der Waals surface area (Å²) in [5, 5.41) is 17.2. The number of hydrogen-bond acceptors (Lipinski definition) is 9.